The van der Waals surface area contributed by atoms with E-state index in [1.54, 1.807) is 32.9 Å². The molecular formula is C40H51NO13. The van der Waals surface area contributed by atoms with Crippen molar-refractivity contribution in [2.75, 3.05) is 12.1 Å². The van der Waals surface area contributed by atoms with E-state index in [-0.39, 0.29) is 63.2 Å². The zero-order chi connectivity index (χ0) is 40.5. The van der Waals surface area contributed by atoms with Gasteiger partial charge in [-0.3, -0.25) is 19.2 Å². The number of phenols is 1. The molecule has 1 aromatic rings. The van der Waals surface area contributed by atoms with Crippen molar-refractivity contribution < 1.29 is 63.7 Å². The van der Waals surface area contributed by atoms with E-state index in [1.165, 1.54) is 46.8 Å². The Bertz CT molecular complexity index is 1870. The van der Waals surface area contributed by atoms with E-state index < -0.39 is 83.6 Å². The third-order valence-corrected chi connectivity index (χ3v) is 10.4. The zero-order valence-corrected chi connectivity index (χ0v) is 32.2. The van der Waals surface area contributed by atoms with Gasteiger partial charge in [0, 0.05) is 59.8 Å². The van der Waals surface area contributed by atoms with Crippen LogP contribution in [0.15, 0.2) is 52.5 Å². The van der Waals surface area contributed by atoms with Crippen LogP contribution in [0.5, 0.6) is 11.5 Å². The Morgan fingerprint density at radius 1 is 0.796 bits per heavy atom. The van der Waals surface area contributed by atoms with Gasteiger partial charge < -0.3 is 49.8 Å². The quantitative estimate of drug-likeness (QED) is 0.142. The summed E-state index contributed by atoms with van der Waals surface area (Å²) < 4.78 is 22.9. The maximum absolute atomic E-state index is 14.0. The number of hydrogen-bond donors (Lipinski definition) is 6. The summed E-state index contributed by atoms with van der Waals surface area (Å²) in [7, 11) is 0. The van der Waals surface area contributed by atoms with E-state index in [0.717, 1.165) is 13.8 Å². The van der Waals surface area contributed by atoms with Crippen LogP contribution in [0.3, 0.4) is 0 Å². The van der Waals surface area contributed by atoms with Gasteiger partial charge in [0.25, 0.3) is 5.91 Å². The molecule has 0 fully saturated rings. The van der Waals surface area contributed by atoms with Gasteiger partial charge in [0.15, 0.2) is 17.6 Å². The molecule has 9 atom stereocenters. The van der Waals surface area contributed by atoms with Crippen LogP contribution in [0.25, 0.3) is 5.57 Å². The smallest absolute Gasteiger partial charge is 0.308 e. The number of allylic oxidation sites excluding steroid dienone is 5. The van der Waals surface area contributed by atoms with Gasteiger partial charge in [-0.1, -0.05) is 52.0 Å². The van der Waals surface area contributed by atoms with Gasteiger partial charge in [-0.05, 0) is 33.3 Å². The monoisotopic (exact) mass is 753 g/mol. The topological polar surface area (TPSA) is 218 Å². The number of rotatable bonds is 2. The first-order valence-corrected chi connectivity index (χ1v) is 17.8. The Labute approximate surface area is 314 Å². The average molecular weight is 754 g/mol. The van der Waals surface area contributed by atoms with Crippen LogP contribution >= 0.6 is 0 Å². The number of Topliss-reactive ketones (excluding diaryl/α,β-unsaturated/α-hetero) is 1. The summed E-state index contributed by atoms with van der Waals surface area (Å²) in [5.74, 6) is -6.51. The first kappa shape index (κ1) is 42.0. The van der Waals surface area contributed by atoms with Crippen molar-refractivity contribution >= 4 is 34.9 Å². The largest absolute Gasteiger partial charge is 0.505 e. The first-order valence-electron chi connectivity index (χ1n) is 17.8. The Kier molecular flexibility index (Phi) is 13.0. The van der Waals surface area contributed by atoms with Gasteiger partial charge in [-0.25, -0.2) is 0 Å². The second-order valence-corrected chi connectivity index (χ2v) is 14.4. The first-order chi connectivity index (χ1) is 25.2. The highest BCUT2D eigenvalue weighted by Crippen LogP contribution is 2.53. The molecule has 0 saturated carbocycles. The summed E-state index contributed by atoms with van der Waals surface area (Å²) in [6.07, 6.45) is -0.923. The van der Waals surface area contributed by atoms with E-state index in [4.69, 9.17) is 18.9 Å². The third-order valence-electron chi connectivity index (χ3n) is 10.4. The fourth-order valence-electron chi connectivity index (χ4n) is 7.08. The Morgan fingerprint density at radius 2 is 1.37 bits per heavy atom. The molecule has 0 aromatic heterocycles. The van der Waals surface area contributed by atoms with Crippen molar-refractivity contribution in [3.05, 3.63) is 69.2 Å². The number of phenolic OH excluding ortho intramolecular Hbond substituents is 1. The standard InChI is InChI=1S/C40H51NO13/c1-16-12-11-13-17(2)40(50)41-29-20(5)38(53-24(9)42)26-27(35(29)49)32(46)23(8)37-28(26)36(51-15-52-37)19(4)14-18(3)31(45)22(7)34(48)39(54-25(10)43)33(47)21(6)30(16)44/h11-14,16,18,21-22,30-31,33-34,39,44-45,47-49H,15H2,1-10H3,(H,41,50)/t16-,18+,21-,22-,30-,31-,33-,34+,39-/m1/s1. The molecule has 54 heavy (non-hydrogen) atoms. The number of anilines is 1. The lowest BCUT2D eigenvalue weighted by Gasteiger charge is -2.37. The van der Waals surface area contributed by atoms with E-state index in [2.05, 4.69) is 5.32 Å². The summed E-state index contributed by atoms with van der Waals surface area (Å²) in [6, 6.07) is 0. The Morgan fingerprint density at radius 3 is 1.94 bits per heavy atom. The SMILES string of the molecule is CC(=O)Oc1c(C)c2c(O)c3c1C1=C(OCOC1=C(C)C3=O)C(C)=C[C@H](C)[C@@H](O)[C@@H](C)[C@H](O)[C@H](OC(C)=O)[C@H](O)[C@H](C)[C@H](O)[C@H](C)C=CC=C(C)C(=O)N2. The molecule has 14 nitrogen and oxygen atoms in total. The van der Waals surface area contributed by atoms with Crippen molar-refractivity contribution in [1.82, 2.24) is 0 Å². The number of aromatic hydroxyl groups is 1. The van der Waals surface area contributed by atoms with E-state index in [9.17, 15) is 44.7 Å². The molecule has 0 spiro atoms. The Hall–Kier alpha value is -4.76. The summed E-state index contributed by atoms with van der Waals surface area (Å²) >= 11 is 0. The average Bonchev–Trinajstić information content (AvgIpc) is 3.12. The summed E-state index contributed by atoms with van der Waals surface area (Å²) in [5, 5.41) is 59.9. The lowest BCUT2D eigenvalue weighted by atomic mass is 9.80. The van der Waals surface area contributed by atoms with Crippen LogP contribution in [-0.2, 0) is 28.6 Å². The second-order valence-electron chi connectivity index (χ2n) is 14.4. The normalized spacial score (nSPS) is 29.8. The number of esters is 2. The van der Waals surface area contributed by atoms with Gasteiger partial charge in [-0.2, -0.15) is 0 Å². The van der Waals surface area contributed by atoms with Crippen LogP contribution in [-0.4, -0.2) is 86.5 Å². The lowest BCUT2D eigenvalue weighted by molar-refractivity contribution is -0.177. The maximum atomic E-state index is 14.0. The van der Waals surface area contributed by atoms with Gasteiger partial charge in [-0.15, -0.1) is 0 Å². The fourth-order valence-corrected chi connectivity index (χ4v) is 7.08. The number of aliphatic hydroxyl groups excluding tert-OH is 4. The lowest BCUT2D eigenvalue weighted by Crippen LogP contribution is -2.52. The number of carbonyl (C=O) groups excluding carboxylic acids is 4. The van der Waals surface area contributed by atoms with Crippen molar-refractivity contribution in [2.24, 2.45) is 23.7 Å². The minimum Gasteiger partial charge on any atom is -0.505 e. The molecule has 3 aliphatic heterocycles. The van der Waals surface area contributed by atoms with Crippen molar-refractivity contribution in [1.29, 1.82) is 0 Å². The molecule has 0 unspecified atom stereocenters. The minimum absolute atomic E-state index is 0.00305. The molecule has 14 heteroatoms. The number of nitrogens with one attached hydrogen (secondary N) is 1. The molecule has 294 valence electrons. The molecule has 0 radical (unpaired) electrons. The molecular weight excluding hydrogens is 702 g/mol. The summed E-state index contributed by atoms with van der Waals surface area (Å²) in [4.78, 5) is 52.1. The predicted molar refractivity (Wildman–Crippen MR) is 197 cm³/mol. The fraction of sp³-hybridized carbons (Fsp3) is 0.500. The number of ether oxygens (including phenoxy) is 4. The van der Waals surface area contributed by atoms with Gasteiger partial charge in [0.1, 0.15) is 17.3 Å². The third kappa shape index (κ3) is 8.16. The number of carbonyl (C=O) groups is 4. The van der Waals surface area contributed by atoms with Crippen LogP contribution in [0.2, 0.25) is 0 Å². The van der Waals surface area contributed by atoms with Crippen LogP contribution in [0.4, 0.5) is 5.69 Å². The molecule has 1 aliphatic carbocycles. The van der Waals surface area contributed by atoms with Gasteiger partial charge in [0.2, 0.25) is 6.79 Å². The summed E-state index contributed by atoms with van der Waals surface area (Å²) in [5.41, 5.74) is 0.576. The van der Waals surface area contributed by atoms with Crippen LogP contribution < -0.4 is 10.1 Å². The molecule has 1 aromatic carbocycles. The number of aliphatic hydroxyl groups is 4. The highest BCUT2D eigenvalue weighted by atomic mass is 16.7. The molecule has 3 heterocycles. The number of amides is 1. The van der Waals surface area contributed by atoms with Crippen LogP contribution in [0.1, 0.15) is 83.8 Å². The van der Waals surface area contributed by atoms with E-state index in [0.29, 0.717) is 5.57 Å². The predicted octanol–water partition coefficient (Wildman–Crippen LogP) is 4.13. The molecule has 5 rings (SSSR count). The van der Waals surface area contributed by atoms with Gasteiger partial charge in [0.05, 0.1) is 41.2 Å². The second kappa shape index (κ2) is 16.7. The number of hydrogen-bond acceptors (Lipinski definition) is 13. The van der Waals surface area contributed by atoms with Gasteiger partial charge >= 0.3 is 11.9 Å². The zero-order valence-electron chi connectivity index (χ0n) is 32.2. The number of fused-ring (bicyclic) bond motifs is 14. The van der Waals surface area contributed by atoms with Crippen molar-refractivity contribution in [3.63, 3.8) is 0 Å². The Balaban J connectivity index is 2.02. The number of ketones is 1. The molecule has 6 N–H and O–H groups in total. The number of benzene rings is 1. The molecule has 1 amide bonds. The van der Waals surface area contributed by atoms with Crippen molar-refractivity contribution in [3.8, 4) is 11.5 Å². The van der Waals surface area contributed by atoms with Crippen molar-refractivity contribution in [2.45, 2.75) is 99.8 Å². The van der Waals surface area contributed by atoms with Crippen LogP contribution in [0, 0.1) is 30.6 Å². The molecule has 4 aliphatic rings. The van der Waals surface area contributed by atoms with E-state index in [1.807, 2.05) is 0 Å². The minimum atomic E-state index is -1.58. The molecule has 4 bridgehead atoms. The maximum Gasteiger partial charge on any atom is 0.308 e. The van der Waals surface area contributed by atoms with E-state index >= 15 is 0 Å². The highest BCUT2D eigenvalue weighted by molar-refractivity contribution is 6.21. The highest BCUT2D eigenvalue weighted by Gasteiger charge is 2.43. The molecule has 0 saturated heterocycles. The summed E-state index contributed by atoms with van der Waals surface area (Å²) in [6.45, 7) is 14.6.